The molecule has 7 nitrogen and oxygen atoms in total. The minimum absolute atomic E-state index is 0.195. The number of carbonyl (C=O) groups excluding carboxylic acids is 2. The first kappa shape index (κ1) is 18.0. The molecule has 2 aromatic heterocycles. The van der Waals surface area contributed by atoms with Gasteiger partial charge in [0.15, 0.2) is 5.76 Å². The van der Waals surface area contributed by atoms with E-state index in [1.807, 2.05) is 7.05 Å². The summed E-state index contributed by atoms with van der Waals surface area (Å²) in [5.74, 6) is -0.0810. The molecule has 1 aliphatic rings. The summed E-state index contributed by atoms with van der Waals surface area (Å²) in [5, 5.41) is 0. The second kappa shape index (κ2) is 7.30. The summed E-state index contributed by atoms with van der Waals surface area (Å²) in [5.41, 5.74) is 0.811. The standard InChI is InChI=1S/C20H19FN4O3/c1-23-5-4-22-18(23)14-11-15(13-16(21)12-14)19(26)24-6-8-25(9-7-24)20(27)17-3-2-10-28-17/h2-5,10-13H,6-9H2,1H3. The largest absolute Gasteiger partial charge is 0.459 e. The van der Waals surface area contributed by atoms with Crippen LogP contribution in [0.3, 0.4) is 0 Å². The number of rotatable bonds is 3. The second-order valence-corrected chi connectivity index (χ2v) is 6.65. The van der Waals surface area contributed by atoms with Crippen LogP contribution in [0.4, 0.5) is 4.39 Å². The van der Waals surface area contributed by atoms with Crippen molar-refractivity contribution in [3.05, 3.63) is 66.1 Å². The Morgan fingerprint density at radius 1 is 1.07 bits per heavy atom. The highest BCUT2D eigenvalue weighted by Crippen LogP contribution is 2.21. The van der Waals surface area contributed by atoms with E-state index >= 15 is 0 Å². The van der Waals surface area contributed by atoms with Gasteiger partial charge < -0.3 is 18.8 Å². The van der Waals surface area contributed by atoms with Crippen molar-refractivity contribution < 1.29 is 18.4 Å². The number of piperazine rings is 1. The lowest BCUT2D eigenvalue weighted by molar-refractivity contribution is 0.0518. The quantitative estimate of drug-likeness (QED) is 0.698. The molecular formula is C20H19FN4O3. The number of halogens is 1. The highest BCUT2D eigenvalue weighted by atomic mass is 19.1. The van der Waals surface area contributed by atoms with E-state index in [1.165, 1.54) is 18.4 Å². The van der Waals surface area contributed by atoms with Crippen molar-refractivity contribution in [1.29, 1.82) is 0 Å². The fourth-order valence-electron chi connectivity index (χ4n) is 3.34. The number of aryl methyl sites for hydroxylation is 1. The van der Waals surface area contributed by atoms with Crippen molar-refractivity contribution in [2.75, 3.05) is 26.2 Å². The van der Waals surface area contributed by atoms with E-state index in [4.69, 9.17) is 4.42 Å². The number of hydrogen-bond donors (Lipinski definition) is 0. The third kappa shape index (κ3) is 3.40. The van der Waals surface area contributed by atoms with Crippen molar-refractivity contribution in [1.82, 2.24) is 19.4 Å². The lowest BCUT2D eigenvalue weighted by atomic mass is 10.1. The van der Waals surface area contributed by atoms with Gasteiger partial charge in [0.2, 0.25) is 0 Å². The highest BCUT2D eigenvalue weighted by Gasteiger charge is 2.27. The lowest BCUT2D eigenvalue weighted by Gasteiger charge is -2.34. The normalized spacial score (nSPS) is 14.4. The van der Waals surface area contributed by atoms with Crippen LogP contribution < -0.4 is 0 Å². The maximum atomic E-state index is 14.1. The van der Waals surface area contributed by atoms with Gasteiger partial charge in [-0.2, -0.15) is 0 Å². The molecule has 1 aliphatic heterocycles. The first-order valence-corrected chi connectivity index (χ1v) is 8.93. The summed E-state index contributed by atoms with van der Waals surface area (Å²) < 4.78 is 21.0. The number of benzene rings is 1. The van der Waals surface area contributed by atoms with E-state index in [0.717, 1.165) is 0 Å². The van der Waals surface area contributed by atoms with Gasteiger partial charge in [-0.05, 0) is 30.3 Å². The molecule has 0 atom stereocenters. The van der Waals surface area contributed by atoms with E-state index in [9.17, 15) is 14.0 Å². The maximum absolute atomic E-state index is 14.1. The molecule has 4 rings (SSSR count). The van der Waals surface area contributed by atoms with Crippen LogP contribution in [0.25, 0.3) is 11.4 Å². The van der Waals surface area contributed by atoms with Gasteiger partial charge >= 0.3 is 0 Å². The molecule has 0 unspecified atom stereocenters. The van der Waals surface area contributed by atoms with Crippen molar-refractivity contribution >= 4 is 11.8 Å². The molecule has 1 fully saturated rings. The Balaban J connectivity index is 1.48. The molecule has 1 saturated heterocycles. The average Bonchev–Trinajstić information content (AvgIpc) is 3.38. The Morgan fingerprint density at radius 2 is 1.79 bits per heavy atom. The molecule has 0 bridgehead atoms. The highest BCUT2D eigenvalue weighted by molar-refractivity contribution is 5.96. The topological polar surface area (TPSA) is 71.6 Å². The SMILES string of the molecule is Cn1ccnc1-c1cc(F)cc(C(=O)N2CCN(C(=O)c3ccco3)CC2)c1. The number of amides is 2. The molecule has 0 aliphatic carbocycles. The number of aromatic nitrogens is 2. The van der Waals surface area contributed by atoms with E-state index < -0.39 is 5.82 Å². The molecule has 3 aromatic rings. The van der Waals surface area contributed by atoms with Crippen LogP contribution in [0.2, 0.25) is 0 Å². The Morgan fingerprint density at radius 3 is 2.39 bits per heavy atom. The molecule has 1 aromatic carbocycles. The van der Waals surface area contributed by atoms with Crippen molar-refractivity contribution in [2.24, 2.45) is 7.05 Å². The molecular weight excluding hydrogens is 363 g/mol. The number of carbonyl (C=O) groups is 2. The van der Waals surface area contributed by atoms with Crippen molar-refractivity contribution in [3.63, 3.8) is 0 Å². The van der Waals surface area contributed by atoms with Gasteiger partial charge in [-0.1, -0.05) is 0 Å². The van der Waals surface area contributed by atoms with E-state index in [0.29, 0.717) is 37.6 Å². The summed E-state index contributed by atoms with van der Waals surface area (Å²) in [6.45, 7) is 1.54. The number of imidazole rings is 1. The predicted molar refractivity (Wildman–Crippen MR) is 99.1 cm³/mol. The van der Waals surface area contributed by atoms with Crippen LogP contribution in [0.1, 0.15) is 20.9 Å². The first-order chi connectivity index (χ1) is 13.5. The van der Waals surface area contributed by atoms with Crippen LogP contribution in [0, 0.1) is 5.82 Å². The van der Waals surface area contributed by atoms with Crippen LogP contribution in [0.15, 0.2) is 53.4 Å². The zero-order valence-corrected chi connectivity index (χ0v) is 15.3. The fourth-order valence-corrected chi connectivity index (χ4v) is 3.34. The molecule has 0 N–H and O–H groups in total. The average molecular weight is 382 g/mol. The Labute approximate surface area is 161 Å². The van der Waals surface area contributed by atoms with E-state index in [1.54, 1.807) is 45.0 Å². The Kier molecular flexibility index (Phi) is 4.68. The molecule has 144 valence electrons. The molecule has 8 heteroatoms. The monoisotopic (exact) mass is 382 g/mol. The summed E-state index contributed by atoms with van der Waals surface area (Å²) in [6.07, 6.45) is 4.84. The zero-order chi connectivity index (χ0) is 19.7. The molecule has 2 amide bonds. The number of hydrogen-bond acceptors (Lipinski definition) is 4. The lowest BCUT2D eigenvalue weighted by Crippen LogP contribution is -2.50. The van der Waals surface area contributed by atoms with Gasteiger partial charge in [0.25, 0.3) is 11.8 Å². The molecule has 0 spiro atoms. The van der Waals surface area contributed by atoms with Gasteiger partial charge in [0.05, 0.1) is 6.26 Å². The Bertz CT molecular complexity index is 1000. The molecule has 0 radical (unpaired) electrons. The van der Waals surface area contributed by atoms with Gasteiger partial charge in [-0.15, -0.1) is 0 Å². The number of nitrogens with zero attached hydrogens (tertiary/aromatic N) is 4. The van der Waals surface area contributed by atoms with Gasteiger partial charge in [-0.25, -0.2) is 9.37 Å². The fraction of sp³-hybridized carbons (Fsp3) is 0.250. The third-order valence-electron chi connectivity index (χ3n) is 4.81. The second-order valence-electron chi connectivity index (χ2n) is 6.65. The summed E-state index contributed by atoms with van der Waals surface area (Å²) in [4.78, 5) is 32.7. The zero-order valence-electron chi connectivity index (χ0n) is 15.3. The smallest absolute Gasteiger partial charge is 0.289 e. The Hall–Kier alpha value is -3.42. The van der Waals surface area contributed by atoms with Crippen LogP contribution in [0.5, 0.6) is 0 Å². The van der Waals surface area contributed by atoms with E-state index in [-0.39, 0.29) is 23.1 Å². The summed E-state index contributed by atoms with van der Waals surface area (Å²) >= 11 is 0. The van der Waals surface area contributed by atoms with Crippen LogP contribution in [-0.4, -0.2) is 57.3 Å². The predicted octanol–water partition coefficient (Wildman–Crippen LogP) is 2.42. The van der Waals surface area contributed by atoms with Crippen molar-refractivity contribution in [3.8, 4) is 11.4 Å². The van der Waals surface area contributed by atoms with Gasteiger partial charge in [0, 0.05) is 56.7 Å². The molecule has 0 saturated carbocycles. The van der Waals surface area contributed by atoms with E-state index in [2.05, 4.69) is 4.98 Å². The van der Waals surface area contributed by atoms with Gasteiger partial charge in [0.1, 0.15) is 11.6 Å². The van der Waals surface area contributed by atoms with Crippen LogP contribution >= 0.6 is 0 Å². The van der Waals surface area contributed by atoms with Crippen LogP contribution in [-0.2, 0) is 7.05 Å². The minimum Gasteiger partial charge on any atom is -0.459 e. The first-order valence-electron chi connectivity index (χ1n) is 8.93. The summed E-state index contributed by atoms with van der Waals surface area (Å²) in [7, 11) is 1.81. The van der Waals surface area contributed by atoms with Gasteiger partial charge in [-0.3, -0.25) is 9.59 Å². The molecule has 3 heterocycles. The number of furan rings is 1. The molecule has 28 heavy (non-hydrogen) atoms. The van der Waals surface area contributed by atoms with Crippen molar-refractivity contribution in [2.45, 2.75) is 0 Å². The minimum atomic E-state index is -0.490. The summed E-state index contributed by atoms with van der Waals surface area (Å²) in [6, 6.07) is 7.52. The maximum Gasteiger partial charge on any atom is 0.289 e. The third-order valence-corrected chi connectivity index (χ3v) is 4.81.